The Balaban J connectivity index is 0.000000129. The Bertz CT molecular complexity index is 6630. The maximum atomic E-state index is 5.54. The fourth-order valence-electron chi connectivity index (χ4n) is 14.5. The summed E-state index contributed by atoms with van der Waals surface area (Å²) in [4.78, 5) is 28.1. The summed E-state index contributed by atoms with van der Waals surface area (Å²) in [6.45, 7) is 0. The van der Waals surface area contributed by atoms with Gasteiger partial charge in [0.1, 0.15) is 9.66 Å². The molecular formula is C81H45N7S4. The smallest absolute Gasteiger partial charge is 0.236 e. The molecule has 0 saturated carbocycles. The van der Waals surface area contributed by atoms with Crippen molar-refractivity contribution in [2.45, 2.75) is 0 Å². The van der Waals surface area contributed by atoms with Crippen molar-refractivity contribution in [3.8, 4) is 45.5 Å². The molecule has 21 rings (SSSR count). The number of nitrogens with zero attached hydrogens (tertiary/aromatic N) is 7. The minimum absolute atomic E-state index is 0.679. The Morgan fingerprint density at radius 2 is 0.598 bits per heavy atom. The van der Waals surface area contributed by atoms with Gasteiger partial charge in [-0.25, -0.2) is 19.9 Å². The molecule has 0 saturated heterocycles. The van der Waals surface area contributed by atoms with Crippen LogP contribution in [-0.4, -0.2) is 34.1 Å². The zero-order valence-corrected chi connectivity index (χ0v) is 52.0. The van der Waals surface area contributed by atoms with Crippen LogP contribution in [0.3, 0.4) is 0 Å². The van der Waals surface area contributed by atoms with E-state index in [0.717, 1.165) is 59.5 Å². The zero-order chi connectivity index (χ0) is 60.1. The topological polar surface area (TPSA) is 74.3 Å². The van der Waals surface area contributed by atoms with Crippen molar-refractivity contribution in [2.75, 3.05) is 0 Å². The lowest BCUT2D eigenvalue weighted by molar-refractivity contribution is 1.02. The second-order valence-corrected chi connectivity index (χ2v) is 27.5. The van der Waals surface area contributed by atoms with Crippen molar-refractivity contribution in [1.29, 1.82) is 0 Å². The van der Waals surface area contributed by atoms with Crippen LogP contribution < -0.4 is 0 Å². The normalized spacial score (nSPS) is 12.1. The van der Waals surface area contributed by atoms with E-state index in [9.17, 15) is 0 Å². The van der Waals surface area contributed by atoms with Gasteiger partial charge in [-0.2, -0.15) is 0 Å². The van der Waals surface area contributed by atoms with Crippen molar-refractivity contribution in [2.24, 2.45) is 0 Å². The molecule has 0 amide bonds. The van der Waals surface area contributed by atoms with Gasteiger partial charge in [-0.15, -0.1) is 45.3 Å². The van der Waals surface area contributed by atoms with E-state index in [2.05, 4.69) is 269 Å². The van der Waals surface area contributed by atoms with Crippen LogP contribution in [-0.2, 0) is 0 Å². The molecule has 0 N–H and O–H groups in total. The van der Waals surface area contributed by atoms with Gasteiger partial charge in [0, 0.05) is 107 Å². The Morgan fingerprint density at radius 3 is 1.05 bits per heavy atom. The number of hydrogen-bond donors (Lipinski definition) is 0. The summed E-state index contributed by atoms with van der Waals surface area (Å²) in [6.07, 6.45) is 3.71. The van der Waals surface area contributed by atoms with E-state index in [4.69, 9.17) is 19.9 Å². The summed E-state index contributed by atoms with van der Waals surface area (Å²) < 4.78 is 12.1. The van der Waals surface area contributed by atoms with Gasteiger partial charge in [0.2, 0.25) is 11.9 Å². The number of fused-ring (bicyclic) bond motifs is 26. The average Bonchev–Trinajstić information content (AvgIpc) is 1.56. The molecular weight excluding hydrogens is 1200 g/mol. The van der Waals surface area contributed by atoms with Crippen LogP contribution in [0.4, 0.5) is 0 Å². The fourth-order valence-corrected chi connectivity index (χ4v) is 19.1. The SMILES string of the molecule is c1ccc(-c2ccc(-c3nc(-n4c5ccccc5c5c6ccccc6c6c7ccccc7sc6c54)nc4sc5ccccc5c34)cc2)cc1.c1cncc(-c2nc(-n3c4ccccc4c4c5ccccc5c5c6ccccc6sc5c43)nc3sc4ccccc4c23)c1. The number of benzene rings is 12. The molecule has 7 nitrogen and oxygen atoms in total. The van der Waals surface area contributed by atoms with E-state index in [1.54, 1.807) is 22.7 Å². The molecule has 0 fully saturated rings. The first-order chi connectivity index (χ1) is 45.7. The number of para-hydroxylation sites is 2. The molecule has 0 spiro atoms. The van der Waals surface area contributed by atoms with Crippen molar-refractivity contribution in [3.63, 3.8) is 0 Å². The van der Waals surface area contributed by atoms with Crippen molar-refractivity contribution >= 4 is 191 Å². The van der Waals surface area contributed by atoms with Crippen molar-refractivity contribution in [3.05, 3.63) is 273 Å². The van der Waals surface area contributed by atoms with Crippen molar-refractivity contribution in [1.82, 2.24) is 34.1 Å². The molecule has 12 aromatic carbocycles. The lowest BCUT2D eigenvalue weighted by Crippen LogP contribution is -2.03. The molecule has 0 aliphatic rings. The highest BCUT2D eigenvalue weighted by Gasteiger charge is 2.27. The Morgan fingerprint density at radius 1 is 0.250 bits per heavy atom. The molecule has 11 heteroatoms. The molecule has 0 radical (unpaired) electrons. The molecule has 0 atom stereocenters. The highest BCUT2D eigenvalue weighted by Crippen LogP contribution is 2.51. The first kappa shape index (κ1) is 51.8. The number of hydrogen-bond acceptors (Lipinski definition) is 9. The number of aromatic nitrogens is 7. The maximum absolute atomic E-state index is 5.54. The van der Waals surface area contributed by atoms with Gasteiger partial charge in [-0.3, -0.25) is 14.1 Å². The van der Waals surface area contributed by atoms with Crippen molar-refractivity contribution < 1.29 is 0 Å². The van der Waals surface area contributed by atoms with E-state index in [0.29, 0.717) is 11.9 Å². The molecule has 0 aliphatic heterocycles. The lowest BCUT2D eigenvalue weighted by Gasteiger charge is -2.12. The van der Waals surface area contributed by atoms with Gasteiger partial charge in [-0.05, 0) is 81.2 Å². The first-order valence-electron chi connectivity index (χ1n) is 30.6. The zero-order valence-electron chi connectivity index (χ0n) is 48.7. The second kappa shape index (κ2) is 20.2. The first-order valence-corrected chi connectivity index (χ1v) is 33.9. The molecule has 428 valence electrons. The van der Waals surface area contributed by atoms with E-state index in [1.807, 2.05) is 41.1 Å². The van der Waals surface area contributed by atoms with Crippen LogP contribution in [0.1, 0.15) is 0 Å². The van der Waals surface area contributed by atoms with Gasteiger partial charge in [-0.1, -0.05) is 212 Å². The standard InChI is InChI=1S/C44H25N3S2.C37H20N4S2/c1-2-12-26(13-3-1)27-22-24-28(25-23-27)40-39-33-18-8-11-21-36(33)49-43(39)46-44(45-40)47-34-19-9-6-16-31(34)37-29-14-4-5-15-30(29)38-32-17-7-10-20-35(32)48-42(38)41(37)47;1-2-12-23-22(11-1)30-24-13-3-6-16-27(24)41(34(30)35-31(23)25-14-4-7-17-28(25)42-35)37-39-33(21-10-9-19-38-20-21)32-26-15-5-8-18-29(26)43-36(32)40-37/h1-25H;1-20H. The van der Waals surface area contributed by atoms with Gasteiger partial charge in [0.05, 0.1) is 42.9 Å². The lowest BCUT2D eigenvalue weighted by atomic mass is 9.99. The van der Waals surface area contributed by atoms with Gasteiger partial charge >= 0.3 is 0 Å². The Kier molecular flexibility index (Phi) is 11.4. The average molecular weight is 1240 g/mol. The monoisotopic (exact) mass is 1240 g/mol. The minimum atomic E-state index is 0.679. The van der Waals surface area contributed by atoms with Gasteiger partial charge < -0.3 is 0 Å². The molecule has 0 bridgehead atoms. The largest absolute Gasteiger partial charge is 0.276 e. The second-order valence-electron chi connectivity index (χ2n) is 23.3. The molecule has 92 heavy (non-hydrogen) atoms. The van der Waals surface area contributed by atoms with E-state index >= 15 is 0 Å². The fraction of sp³-hybridized carbons (Fsp3) is 0. The predicted octanol–water partition coefficient (Wildman–Crippen LogP) is 23.3. The summed E-state index contributed by atoms with van der Waals surface area (Å²) >= 11 is 7.18. The van der Waals surface area contributed by atoms with E-state index < -0.39 is 0 Å². The summed E-state index contributed by atoms with van der Waals surface area (Å²) in [5.74, 6) is 1.37. The summed E-state index contributed by atoms with van der Waals surface area (Å²) in [5.41, 5.74) is 10.9. The third kappa shape index (κ3) is 7.62. The molecule has 21 aromatic rings. The van der Waals surface area contributed by atoms with Crippen LogP contribution in [0.2, 0.25) is 0 Å². The Hall–Kier alpha value is -11.1. The molecule has 9 heterocycles. The van der Waals surface area contributed by atoms with Crippen LogP contribution in [0.15, 0.2) is 273 Å². The minimum Gasteiger partial charge on any atom is -0.276 e. The van der Waals surface area contributed by atoms with Gasteiger partial charge in [0.25, 0.3) is 0 Å². The third-order valence-corrected chi connectivity index (χ3v) is 22.8. The Labute approximate surface area is 540 Å². The van der Waals surface area contributed by atoms with E-state index in [1.165, 1.54) is 120 Å². The highest BCUT2D eigenvalue weighted by molar-refractivity contribution is 7.27. The maximum Gasteiger partial charge on any atom is 0.236 e. The van der Waals surface area contributed by atoms with Crippen LogP contribution in [0.5, 0.6) is 0 Å². The number of pyridine rings is 1. The summed E-state index contributed by atoms with van der Waals surface area (Å²) in [6, 6.07) is 93.2. The van der Waals surface area contributed by atoms with Gasteiger partial charge in [0.15, 0.2) is 0 Å². The molecule has 0 unspecified atom stereocenters. The summed E-state index contributed by atoms with van der Waals surface area (Å²) in [7, 11) is 0. The van der Waals surface area contributed by atoms with Crippen LogP contribution in [0.25, 0.3) is 192 Å². The van der Waals surface area contributed by atoms with E-state index in [-0.39, 0.29) is 0 Å². The molecule has 9 aromatic heterocycles. The number of thiophene rings is 4. The van der Waals surface area contributed by atoms with Crippen LogP contribution in [0, 0.1) is 0 Å². The third-order valence-electron chi connectivity index (χ3n) is 18.4. The van der Waals surface area contributed by atoms with Crippen LogP contribution >= 0.6 is 45.3 Å². The summed E-state index contributed by atoms with van der Waals surface area (Å²) in [5, 5.41) is 19.7. The highest BCUT2D eigenvalue weighted by atomic mass is 32.1. The predicted molar refractivity (Wildman–Crippen MR) is 393 cm³/mol. The molecule has 0 aliphatic carbocycles. The quantitative estimate of drug-likeness (QED) is 0.172. The number of rotatable bonds is 5.